The van der Waals surface area contributed by atoms with E-state index in [9.17, 15) is 8.42 Å². The van der Waals surface area contributed by atoms with E-state index in [1.807, 2.05) is 0 Å². The number of hydrogen-bond donors (Lipinski definition) is 0. The molecule has 0 aliphatic carbocycles. The molecule has 2 rings (SSSR count). The molecule has 0 aliphatic rings. The van der Waals surface area contributed by atoms with Crippen LogP contribution in [0, 0.1) is 0 Å². The molecule has 8 heteroatoms. The summed E-state index contributed by atoms with van der Waals surface area (Å²) in [5.74, 6) is 0. The topological polar surface area (TPSA) is 59.9 Å². The van der Waals surface area contributed by atoms with E-state index in [2.05, 4.69) is 9.59 Å². The monoisotopic (exact) mass is 266 g/mol. The first-order valence-electron chi connectivity index (χ1n) is 3.39. The normalized spacial score (nSPS) is 11.8. The number of rotatable bonds is 2. The van der Waals surface area contributed by atoms with Crippen molar-refractivity contribution in [3.63, 3.8) is 0 Å². The largest absolute Gasteiger partial charge is 0.270 e. The molecule has 2 aromatic heterocycles. The van der Waals surface area contributed by atoms with Gasteiger partial charge in [0.25, 0.3) is 9.05 Å². The summed E-state index contributed by atoms with van der Waals surface area (Å²) in [5, 5.41) is 5.57. The van der Waals surface area contributed by atoms with E-state index < -0.39 is 9.05 Å². The van der Waals surface area contributed by atoms with Crippen LogP contribution in [0.1, 0.15) is 0 Å². The third-order valence-electron chi connectivity index (χ3n) is 1.43. The molecule has 2 heterocycles. The van der Waals surface area contributed by atoms with Gasteiger partial charge in [0, 0.05) is 16.1 Å². The molecule has 4 nitrogen and oxygen atoms in total. The highest BCUT2D eigenvalue weighted by Crippen LogP contribution is 2.31. The number of halogens is 1. The van der Waals surface area contributed by atoms with Crippen LogP contribution in [0.15, 0.2) is 21.7 Å². The van der Waals surface area contributed by atoms with Gasteiger partial charge in [-0.2, -0.15) is 0 Å². The highest BCUT2D eigenvalue weighted by molar-refractivity contribution is 8.15. The molecular weight excluding hydrogens is 264 g/mol. The lowest BCUT2D eigenvalue weighted by molar-refractivity contribution is 0.611. The van der Waals surface area contributed by atoms with Gasteiger partial charge in [0.1, 0.15) is 9.90 Å². The van der Waals surface area contributed by atoms with Gasteiger partial charge in [0.05, 0.1) is 4.88 Å². The Morgan fingerprint density at radius 3 is 2.64 bits per heavy atom. The summed E-state index contributed by atoms with van der Waals surface area (Å²) >= 11 is 2.30. The van der Waals surface area contributed by atoms with Crippen LogP contribution in [0.5, 0.6) is 0 Å². The molecular formula is C6H3ClN2O2S3. The second kappa shape index (κ2) is 3.58. The highest BCUT2D eigenvalue weighted by atomic mass is 35.7. The standard InChI is InChI=1S/C6H3ClN2O2S3/c7-14(10,11)6-2-1-5(13-6)4-3-12-9-8-4/h1-3H. The third kappa shape index (κ3) is 1.95. The summed E-state index contributed by atoms with van der Waals surface area (Å²) in [6, 6.07) is 3.12. The Bertz CT molecular complexity index is 531. The quantitative estimate of drug-likeness (QED) is 0.782. The second-order valence-electron chi connectivity index (χ2n) is 2.35. The van der Waals surface area contributed by atoms with Gasteiger partial charge < -0.3 is 0 Å². The average Bonchev–Trinajstić information content (AvgIpc) is 2.73. The van der Waals surface area contributed by atoms with Gasteiger partial charge in [0.15, 0.2) is 0 Å². The first-order valence-corrected chi connectivity index (χ1v) is 7.35. The van der Waals surface area contributed by atoms with Gasteiger partial charge in [-0.3, -0.25) is 0 Å². The third-order valence-corrected chi connectivity index (χ3v) is 5.14. The summed E-state index contributed by atoms with van der Waals surface area (Å²) < 4.78 is 25.7. The van der Waals surface area contributed by atoms with Gasteiger partial charge in [-0.15, -0.1) is 16.4 Å². The van der Waals surface area contributed by atoms with Crippen LogP contribution < -0.4 is 0 Å². The Kier molecular flexibility index (Phi) is 2.56. The van der Waals surface area contributed by atoms with Crippen molar-refractivity contribution in [3.05, 3.63) is 17.5 Å². The molecule has 0 unspecified atom stereocenters. The maximum absolute atomic E-state index is 11.0. The van der Waals surface area contributed by atoms with E-state index in [1.54, 1.807) is 11.4 Å². The molecule has 0 bridgehead atoms. The number of nitrogens with zero attached hydrogens (tertiary/aromatic N) is 2. The zero-order valence-electron chi connectivity index (χ0n) is 6.55. The van der Waals surface area contributed by atoms with E-state index in [4.69, 9.17) is 10.7 Å². The Morgan fingerprint density at radius 1 is 1.36 bits per heavy atom. The first kappa shape index (κ1) is 10.0. The molecule has 0 fully saturated rings. The molecule has 0 saturated carbocycles. The lowest BCUT2D eigenvalue weighted by Gasteiger charge is -1.86. The Morgan fingerprint density at radius 2 is 2.14 bits per heavy atom. The van der Waals surface area contributed by atoms with Crippen molar-refractivity contribution in [2.75, 3.05) is 0 Å². The summed E-state index contributed by atoms with van der Waals surface area (Å²) in [6.07, 6.45) is 0. The van der Waals surface area contributed by atoms with Crippen molar-refractivity contribution in [1.29, 1.82) is 0 Å². The second-order valence-corrected chi connectivity index (χ2v) is 6.83. The van der Waals surface area contributed by atoms with Gasteiger partial charge in [-0.25, -0.2) is 8.42 Å². The van der Waals surface area contributed by atoms with Gasteiger partial charge in [0.2, 0.25) is 0 Å². The summed E-state index contributed by atoms with van der Waals surface area (Å²) in [4.78, 5) is 0.748. The Balaban J connectivity index is 2.46. The van der Waals surface area contributed by atoms with Crippen molar-refractivity contribution in [2.45, 2.75) is 4.21 Å². The van der Waals surface area contributed by atoms with Crippen LogP contribution in [-0.4, -0.2) is 18.0 Å². The molecule has 2 aromatic rings. The predicted molar refractivity (Wildman–Crippen MR) is 56.3 cm³/mol. The number of thiophene rings is 1. The molecule has 74 valence electrons. The van der Waals surface area contributed by atoms with E-state index in [0.29, 0.717) is 5.69 Å². The predicted octanol–water partition coefficient (Wildman–Crippen LogP) is 2.19. The molecule has 14 heavy (non-hydrogen) atoms. The van der Waals surface area contributed by atoms with Crippen molar-refractivity contribution >= 4 is 42.6 Å². The van der Waals surface area contributed by atoms with Crippen molar-refractivity contribution in [3.8, 4) is 10.6 Å². The zero-order valence-corrected chi connectivity index (χ0v) is 9.75. The fraction of sp³-hybridized carbons (Fsp3) is 0. The molecule has 0 atom stereocenters. The molecule has 0 amide bonds. The van der Waals surface area contributed by atoms with Crippen LogP contribution >= 0.6 is 33.6 Å². The molecule has 0 saturated heterocycles. The van der Waals surface area contributed by atoms with Crippen LogP contribution in [0.3, 0.4) is 0 Å². The summed E-state index contributed by atoms with van der Waals surface area (Å²) in [6.45, 7) is 0. The van der Waals surface area contributed by atoms with Crippen LogP contribution in [0.2, 0.25) is 0 Å². The van der Waals surface area contributed by atoms with Crippen LogP contribution in [0.4, 0.5) is 0 Å². The minimum atomic E-state index is -3.63. The molecule has 0 aliphatic heterocycles. The molecule has 0 spiro atoms. The van der Waals surface area contributed by atoms with Gasteiger partial charge >= 0.3 is 0 Å². The first-order chi connectivity index (χ1) is 6.57. The smallest absolute Gasteiger partial charge is 0.206 e. The summed E-state index contributed by atoms with van der Waals surface area (Å²) in [7, 11) is 1.56. The Hall–Kier alpha value is -0.500. The fourth-order valence-electron chi connectivity index (χ4n) is 0.861. The average molecular weight is 267 g/mol. The van der Waals surface area contributed by atoms with Crippen LogP contribution in [0.25, 0.3) is 10.6 Å². The minimum Gasteiger partial charge on any atom is -0.206 e. The number of aromatic nitrogens is 2. The van der Waals surface area contributed by atoms with Crippen LogP contribution in [-0.2, 0) is 9.05 Å². The highest BCUT2D eigenvalue weighted by Gasteiger charge is 2.14. The van der Waals surface area contributed by atoms with E-state index in [-0.39, 0.29) is 4.21 Å². The van der Waals surface area contributed by atoms with Crippen molar-refractivity contribution < 1.29 is 8.42 Å². The van der Waals surface area contributed by atoms with Gasteiger partial charge in [-0.1, -0.05) is 4.49 Å². The Labute approximate surface area is 92.8 Å². The van der Waals surface area contributed by atoms with E-state index in [1.165, 1.54) is 17.6 Å². The van der Waals surface area contributed by atoms with E-state index in [0.717, 1.165) is 16.2 Å². The lowest BCUT2D eigenvalue weighted by Crippen LogP contribution is -1.83. The SMILES string of the molecule is O=S(=O)(Cl)c1ccc(-c2csnn2)s1. The van der Waals surface area contributed by atoms with E-state index >= 15 is 0 Å². The maximum atomic E-state index is 11.0. The fourth-order valence-corrected chi connectivity index (χ4v) is 3.42. The van der Waals surface area contributed by atoms with Crippen molar-refractivity contribution in [1.82, 2.24) is 9.59 Å². The number of hydrogen-bond acceptors (Lipinski definition) is 6. The maximum Gasteiger partial charge on any atom is 0.270 e. The molecule has 0 radical (unpaired) electrons. The lowest BCUT2D eigenvalue weighted by atomic mass is 10.4. The molecule has 0 N–H and O–H groups in total. The van der Waals surface area contributed by atoms with Crippen molar-refractivity contribution in [2.24, 2.45) is 0 Å². The summed E-state index contributed by atoms with van der Waals surface area (Å²) in [5.41, 5.74) is 0.673. The van der Waals surface area contributed by atoms with Gasteiger partial charge in [-0.05, 0) is 23.7 Å². The molecule has 0 aromatic carbocycles. The zero-order chi connectivity index (χ0) is 10.2. The minimum absolute atomic E-state index is 0.127.